The molecule has 0 N–H and O–H groups in total. The molecule has 1 fully saturated rings. The van der Waals surface area contributed by atoms with Crippen LogP contribution in [0.25, 0.3) is 0 Å². The monoisotopic (exact) mass is 296 g/mol. The van der Waals surface area contributed by atoms with Gasteiger partial charge in [-0.2, -0.15) is 0 Å². The van der Waals surface area contributed by atoms with E-state index in [1.807, 2.05) is 0 Å². The summed E-state index contributed by atoms with van der Waals surface area (Å²) < 4.78 is 0. The molecule has 3 heteroatoms. The summed E-state index contributed by atoms with van der Waals surface area (Å²) in [5, 5.41) is 0. The van der Waals surface area contributed by atoms with Gasteiger partial charge < -0.3 is 9.80 Å². The maximum Gasteiger partial charge on any atom is 0.226 e. The first-order valence-electron chi connectivity index (χ1n) is 8.68. The normalized spacial score (nSPS) is 19.1. The molecule has 1 unspecified atom stereocenters. The van der Waals surface area contributed by atoms with Crippen molar-refractivity contribution in [3.63, 3.8) is 0 Å². The fraction of sp³-hybridized carbons (Fsp3) is 0.944. The van der Waals surface area contributed by atoms with Crippen LogP contribution < -0.4 is 0 Å². The zero-order chi connectivity index (χ0) is 16.0. The molecule has 3 nitrogen and oxygen atoms in total. The van der Waals surface area contributed by atoms with Gasteiger partial charge in [0.2, 0.25) is 5.91 Å². The van der Waals surface area contributed by atoms with Gasteiger partial charge in [0.15, 0.2) is 0 Å². The highest BCUT2D eigenvalue weighted by molar-refractivity contribution is 5.79. The first-order chi connectivity index (χ1) is 9.70. The fourth-order valence-electron chi connectivity index (χ4n) is 3.02. The first kappa shape index (κ1) is 18.5. The molecule has 0 aromatic carbocycles. The van der Waals surface area contributed by atoms with Crippen LogP contribution in [0.3, 0.4) is 0 Å². The Hall–Kier alpha value is -0.570. The third-order valence-electron chi connectivity index (χ3n) is 4.63. The lowest BCUT2D eigenvalue weighted by molar-refractivity contribution is -0.138. The quantitative estimate of drug-likeness (QED) is 0.699. The van der Waals surface area contributed by atoms with Crippen LogP contribution in [0.2, 0.25) is 0 Å². The molecule has 1 amide bonds. The zero-order valence-corrected chi connectivity index (χ0v) is 15.1. The Labute approximate surface area is 132 Å². The molecular weight excluding hydrogens is 260 g/mol. The predicted molar refractivity (Wildman–Crippen MR) is 90.3 cm³/mol. The molecule has 0 saturated carbocycles. The highest BCUT2D eigenvalue weighted by atomic mass is 16.2. The number of hydrogen-bond acceptors (Lipinski definition) is 2. The van der Waals surface area contributed by atoms with Gasteiger partial charge in [-0.1, -0.05) is 47.5 Å². The van der Waals surface area contributed by atoms with Gasteiger partial charge in [0, 0.05) is 32.1 Å². The van der Waals surface area contributed by atoms with Gasteiger partial charge in [-0.3, -0.25) is 4.79 Å². The van der Waals surface area contributed by atoms with Crippen LogP contribution in [0.4, 0.5) is 0 Å². The second-order valence-corrected chi connectivity index (χ2v) is 8.29. The van der Waals surface area contributed by atoms with Crippen LogP contribution >= 0.6 is 0 Å². The van der Waals surface area contributed by atoms with Gasteiger partial charge in [-0.05, 0) is 31.2 Å². The van der Waals surface area contributed by atoms with Crippen molar-refractivity contribution in [2.75, 3.05) is 33.2 Å². The van der Waals surface area contributed by atoms with Crippen LogP contribution in [0.5, 0.6) is 0 Å². The number of carbonyl (C=O) groups excluding carboxylic acids is 1. The Bertz CT molecular complexity index is 312. The Balaban J connectivity index is 2.43. The van der Waals surface area contributed by atoms with Crippen molar-refractivity contribution in [2.45, 2.75) is 60.3 Å². The first-order valence-corrected chi connectivity index (χ1v) is 8.68. The second kappa shape index (κ2) is 8.17. The molecule has 0 aliphatic carbocycles. The molecule has 1 aliphatic rings. The lowest BCUT2D eigenvalue weighted by Gasteiger charge is -2.35. The van der Waals surface area contributed by atoms with Crippen LogP contribution in [-0.2, 0) is 4.79 Å². The Morgan fingerprint density at radius 1 is 1.05 bits per heavy atom. The van der Waals surface area contributed by atoms with E-state index in [0.717, 1.165) is 32.6 Å². The van der Waals surface area contributed by atoms with E-state index in [1.54, 1.807) is 0 Å². The maximum atomic E-state index is 12.7. The minimum atomic E-state index is 0.216. The Morgan fingerprint density at radius 3 is 2.10 bits per heavy atom. The summed E-state index contributed by atoms with van der Waals surface area (Å²) in [4.78, 5) is 17.1. The molecule has 0 bridgehead atoms. The summed E-state index contributed by atoms with van der Waals surface area (Å²) in [5.41, 5.74) is 0.411. The van der Waals surface area contributed by atoms with Crippen molar-refractivity contribution in [3.8, 4) is 0 Å². The van der Waals surface area contributed by atoms with Gasteiger partial charge in [0.1, 0.15) is 0 Å². The number of unbranched alkanes of at least 4 members (excludes halogenated alkanes) is 1. The number of likely N-dealkylation sites (N-methyl/N-ethyl adjacent to an activating group) is 1. The molecule has 0 spiro atoms. The molecule has 0 radical (unpaired) electrons. The van der Waals surface area contributed by atoms with E-state index in [4.69, 9.17) is 0 Å². The van der Waals surface area contributed by atoms with Gasteiger partial charge in [-0.25, -0.2) is 0 Å². The third-order valence-corrected chi connectivity index (χ3v) is 4.63. The van der Waals surface area contributed by atoms with E-state index in [9.17, 15) is 4.79 Å². The van der Waals surface area contributed by atoms with Crippen molar-refractivity contribution in [2.24, 2.45) is 17.3 Å². The fourth-order valence-corrected chi connectivity index (χ4v) is 3.02. The molecule has 0 aromatic heterocycles. The average Bonchev–Trinajstić information content (AvgIpc) is 2.37. The number of hydrogen-bond donors (Lipinski definition) is 0. The number of amides is 1. The van der Waals surface area contributed by atoms with Crippen molar-refractivity contribution < 1.29 is 4.79 Å². The van der Waals surface area contributed by atoms with E-state index in [-0.39, 0.29) is 5.92 Å². The van der Waals surface area contributed by atoms with E-state index in [1.165, 1.54) is 19.3 Å². The molecule has 1 rings (SSSR count). The summed E-state index contributed by atoms with van der Waals surface area (Å²) in [6.45, 7) is 15.1. The molecule has 1 saturated heterocycles. The minimum absolute atomic E-state index is 0.216. The van der Waals surface area contributed by atoms with Crippen LogP contribution in [-0.4, -0.2) is 48.9 Å². The van der Waals surface area contributed by atoms with Crippen molar-refractivity contribution in [1.82, 2.24) is 9.80 Å². The molecule has 1 heterocycles. The third kappa shape index (κ3) is 6.82. The number of piperazine rings is 1. The van der Waals surface area contributed by atoms with E-state index in [2.05, 4.69) is 51.5 Å². The highest BCUT2D eigenvalue weighted by Crippen LogP contribution is 2.26. The molecule has 1 aliphatic heterocycles. The van der Waals surface area contributed by atoms with Crippen LogP contribution in [0, 0.1) is 17.3 Å². The number of nitrogens with zero attached hydrogens (tertiary/aromatic N) is 2. The summed E-state index contributed by atoms with van der Waals surface area (Å²) in [6, 6.07) is 0. The molecule has 1 atom stereocenters. The molecule has 124 valence electrons. The van der Waals surface area contributed by atoms with E-state index in [0.29, 0.717) is 17.2 Å². The lowest BCUT2D eigenvalue weighted by Crippen LogP contribution is -2.49. The predicted octanol–water partition coefficient (Wildman–Crippen LogP) is 3.64. The standard InChI is InChI=1S/C18H36N2O/c1-15(2)16(9-7-8-10-18(3,4)5)17(21)20-13-11-19(6)12-14-20/h15-16H,7-14H2,1-6H3. The largest absolute Gasteiger partial charge is 0.340 e. The van der Waals surface area contributed by atoms with Crippen LogP contribution in [0.1, 0.15) is 60.3 Å². The van der Waals surface area contributed by atoms with Gasteiger partial charge in [-0.15, -0.1) is 0 Å². The van der Waals surface area contributed by atoms with E-state index < -0.39 is 0 Å². The van der Waals surface area contributed by atoms with Crippen molar-refractivity contribution in [3.05, 3.63) is 0 Å². The summed E-state index contributed by atoms with van der Waals surface area (Å²) in [5.74, 6) is 1.06. The summed E-state index contributed by atoms with van der Waals surface area (Å²) in [7, 11) is 2.13. The van der Waals surface area contributed by atoms with Gasteiger partial charge >= 0.3 is 0 Å². The Morgan fingerprint density at radius 2 is 1.62 bits per heavy atom. The maximum absolute atomic E-state index is 12.7. The average molecular weight is 296 g/mol. The Kier molecular flexibility index (Phi) is 7.19. The topological polar surface area (TPSA) is 23.6 Å². The van der Waals surface area contributed by atoms with Crippen molar-refractivity contribution in [1.29, 1.82) is 0 Å². The molecular formula is C18H36N2O. The second-order valence-electron chi connectivity index (χ2n) is 8.29. The summed E-state index contributed by atoms with van der Waals surface area (Å²) in [6.07, 6.45) is 4.72. The highest BCUT2D eigenvalue weighted by Gasteiger charge is 2.28. The SMILES string of the molecule is CC(C)C(CCCCC(C)(C)C)C(=O)N1CCN(C)CC1. The number of carbonyl (C=O) groups is 1. The van der Waals surface area contributed by atoms with E-state index >= 15 is 0 Å². The van der Waals surface area contributed by atoms with Crippen LogP contribution in [0.15, 0.2) is 0 Å². The van der Waals surface area contributed by atoms with Gasteiger partial charge in [0.05, 0.1) is 0 Å². The smallest absolute Gasteiger partial charge is 0.226 e. The molecule has 21 heavy (non-hydrogen) atoms. The lowest BCUT2D eigenvalue weighted by atomic mass is 9.85. The zero-order valence-electron chi connectivity index (χ0n) is 15.1. The van der Waals surface area contributed by atoms with Gasteiger partial charge in [0.25, 0.3) is 0 Å². The summed E-state index contributed by atoms with van der Waals surface area (Å²) >= 11 is 0. The molecule has 0 aromatic rings. The number of rotatable bonds is 6. The minimum Gasteiger partial charge on any atom is -0.340 e. The van der Waals surface area contributed by atoms with Crippen molar-refractivity contribution >= 4 is 5.91 Å².